The number of hydrogen-bond acceptors (Lipinski definition) is 2. The zero-order valence-electron chi connectivity index (χ0n) is 10.5. The summed E-state index contributed by atoms with van der Waals surface area (Å²) in [6.45, 7) is 1.94. The van der Waals surface area contributed by atoms with Crippen molar-refractivity contribution < 1.29 is 9.21 Å². The molecule has 1 aromatic heterocycles. The quantitative estimate of drug-likeness (QED) is 0.867. The van der Waals surface area contributed by atoms with Crippen molar-refractivity contribution in [2.75, 3.05) is 0 Å². The molecule has 2 aromatic rings. The Morgan fingerprint density at radius 2 is 2.21 bits per heavy atom. The van der Waals surface area contributed by atoms with Crippen LogP contribution in [0.25, 0.3) is 6.08 Å². The molecule has 1 heterocycles. The van der Waals surface area contributed by atoms with Gasteiger partial charge in [-0.15, -0.1) is 0 Å². The number of furan rings is 1. The van der Waals surface area contributed by atoms with E-state index in [0.717, 1.165) is 10.0 Å². The van der Waals surface area contributed by atoms with Crippen molar-refractivity contribution in [1.29, 1.82) is 0 Å². The molecule has 98 valence electrons. The minimum atomic E-state index is -0.149. The lowest BCUT2D eigenvalue weighted by atomic mass is 10.1. The molecule has 0 aliphatic carbocycles. The highest BCUT2D eigenvalue weighted by Crippen LogP contribution is 2.17. The van der Waals surface area contributed by atoms with E-state index in [0.29, 0.717) is 5.76 Å². The van der Waals surface area contributed by atoms with Crippen LogP contribution >= 0.6 is 15.9 Å². The molecule has 0 aliphatic heterocycles. The van der Waals surface area contributed by atoms with Gasteiger partial charge in [0.05, 0.1) is 12.3 Å². The molecule has 0 radical (unpaired) electrons. The van der Waals surface area contributed by atoms with Crippen LogP contribution in [-0.4, -0.2) is 5.91 Å². The second-order valence-corrected chi connectivity index (χ2v) is 5.05. The molecule has 0 saturated heterocycles. The predicted molar refractivity (Wildman–Crippen MR) is 78.4 cm³/mol. The summed E-state index contributed by atoms with van der Waals surface area (Å²) in [5.74, 6) is 0.508. The number of rotatable bonds is 4. The highest BCUT2D eigenvalue weighted by atomic mass is 79.9. The Morgan fingerprint density at radius 1 is 1.37 bits per heavy atom. The van der Waals surface area contributed by atoms with Gasteiger partial charge in [0.2, 0.25) is 5.91 Å². The van der Waals surface area contributed by atoms with Gasteiger partial charge >= 0.3 is 0 Å². The molecule has 1 aromatic carbocycles. The van der Waals surface area contributed by atoms with Crippen molar-refractivity contribution in [2.45, 2.75) is 13.0 Å². The Hall–Kier alpha value is -1.81. The zero-order chi connectivity index (χ0) is 13.7. The molecule has 0 fully saturated rings. The maximum absolute atomic E-state index is 11.8. The third-order valence-electron chi connectivity index (χ3n) is 2.65. The molecule has 0 saturated carbocycles. The van der Waals surface area contributed by atoms with Gasteiger partial charge in [0.25, 0.3) is 0 Å². The minimum absolute atomic E-state index is 0.0498. The maximum Gasteiger partial charge on any atom is 0.244 e. The molecule has 2 rings (SSSR count). The van der Waals surface area contributed by atoms with Gasteiger partial charge in [-0.25, -0.2) is 0 Å². The number of halogens is 1. The van der Waals surface area contributed by atoms with Crippen LogP contribution in [0.3, 0.4) is 0 Å². The highest BCUT2D eigenvalue weighted by Gasteiger charge is 2.07. The predicted octanol–water partition coefficient (Wildman–Crippen LogP) is 3.93. The molecule has 1 N–H and O–H groups in total. The fourth-order valence-corrected chi connectivity index (χ4v) is 2.08. The number of amides is 1. The Kier molecular flexibility index (Phi) is 4.58. The summed E-state index contributed by atoms with van der Waals surface area (Å²) in [6.07, 6.45) is 4.68. The van der Waals surface area contributed by atoms with Gasteiger partial charge in [0.1, 0.15) is 5.76 Å². The maximum atomic E-state index is 11.8. The van der Waals surface area contributed by atoms with Gasteiger partial charge in [-0.2, -0.15) is 0 Å². The molecule has 19 heavy (non-hydrogen) atoms. The number of benzene rings is 1. The SMILES string of the molecule is CC(NC(=O)/C=C/c1ccco1)c1cccc(Br)c1. The summed E-state index contributed by atoms with van der Waals surface area (Å²) in [5.41, 5.74) is 1.05. The largest absolute Gasteiger partial charge is 0.465 e. The smallest absolute Gasteiger partial charge is 0.244 e. The van der Waals surface area contributed by atoms with Gasteiger partial charge in [0.15, 0.2) is 0 Å². The average molecular weight is 320 g/mol. The van der Waals surface area contributed by atoms with Crippen LogP contribution in [0, 0.1) is 0 Å². The van der Waals surface area contributed by atoms with E-state index >= 15 is 0 Å². The monoisotopic (exact) mass is 319 g/mol. The third-order valence-corrected chi connectivity index (χ3v) is 3.14. The Balaban J connectivity index is 1.95. The zero-order valence-corrected chi connectivity index (χ0v) is 12.1. The third kappa shape index (κ3) is 4.10. The van der Waals surface area contributed by atoms with Crippen LogP contribution < -0.4 is 5.32 Å². The lowest BCUT2D eigenvalue weighted by molar-refractivity contribution is -0.117. The lowest BCUT2D eigenvalue weighted by Crippen LogP contribution is -2.24. The van der Waals surface area contributed by atoms with Crippen LogP contribution in [0.2, 0.25) is 0 Å². The Morgan fingerprint density at radius 3 is 2.89 bits per heavy atom. The molecule has 0 aliphatic rings. The first-order valence-electron chi connectivity index (χ1n) is 5.93. The van der Waals surface area contributed by atoms with Crippen LogP contribution in [-0.2, 0) is 4.79 Å². The fourth-order valence-electron chi connectivity index (χ4n) is 1.66. The number of carbonyl (C=O) groups is 1. The first-order valence-corrected chi connectivity index (χ1v) is 6.72. The second-order valence-electron chi connectivity index (χ2n) is 4.13. The number of nitrogens with one attached hydrogen (secondary N) is 1. The molecule has 4 heteroatoms. The molecule has 3 nitrogen and oxygen atoms in total. The van der Waals surface area contributed by atoms with Crippen LogP contribution in [0.15, 0.2) is 57.6 Å². The molecule has 0 bridgehead atoms. The van der Waals surface area contributed by atoms with Crippen LogP contribution in [0.5, 0.6) is 0 Å². The summed E-state index contributed by atoms with van der Waals surface area (Å²) in [4.78, 5) is 11.8. The number of hydrogen-bond donors (Lipinski definition) is 1. The van der Waals surface area contributed by atoms with Crippen molar-refractivity contribution in [3.63, 3.8) is 0 Å². The fraction of sp³-hybridized carbons (Fsp3) is 0.133. The summed E-state index contributed by atoms with van der Waals surface area (Å²) in [7, 11) is 0. The van der Waals surface area contributed by atoms with Crippen molar-refractivity contribution in [2.24, 2.45) is 0 Å². The van der Waals surface area contributed by atoms with E-state index in [1.165, 1.54) is 6.08 Å². The van der Waals surface area contributed by atoms with Gasteiger partial charge in [0, 0.05) is 10.5 Å². The van der Waals surface area contributed by atoms with E-state index in [2.05, 4.69) is 21.2 Å². The van der Waals surface area contributed by atoms with Crippen molar-refractivity contribution in [3.8, 4) is 0 Å². The van der Waals surface area contributed by atoms with Crippen molar-refractivity contribution in [3.05, 3.63) is 64.5 Å². The first-order chi connectivity index (χ1) is 9.15. The molecule has 0 spiro atoms. The normalized spacial score (nSPS) is 12.5. The second kappa shape index (κ2) is 6.38. The first kappa shape index (κ1) is 13.6. The van der Waals surface area contributed by atoms with Crippen LogP contribution in [0.1, 0.15) is 24.3 Å². The van der Waals surface area contributed by atoms with Crippen molar-refractivity contribution >= 4 is 27.9 Å². The highest BCUT2D eigenvalue weighted by molar-refractivity contribution is 9.10. The van der Waals surface area contributed by atoms with E-state index < -0.39 is 0 Å². The van der Waals surface area contributed by atoms with Crippen LogP contribution in [0.4, 0.5) is 0 Å². The molecular formula is C15H14BrNO2. The topological polar surface area (TPSA) is 42.2 Å². The Labute approximate surface area is 120 Å². The van der Waals surface area contributed by atoms with Crippen molar-refractivity contribution in [1.82, 2.24) is 5.32 Å². The van der Waals surface area contributed by atoms with Gasteiger partial charge in [-0.1, -0.05) is 28.1 Å². The van der Waals surface area contributed by atoms with E-state index in [4.69, 9.17) is 4.42 Å². The minimum Gasteiger partial charge on any atom is -0.465 e. The summed E-state index contributed by atoms with van der Waals surface area (Å²) in [5, 5.41) is 2.90. The molecule has 1 amide bonds. The van der Waals surface area contributed by atoms with E-state index in [-0.39, 0.29) is 11.9 Å². The lowest BCUT2D eigenvalue weighted by Gasteiger charge is -2.13. The molecular weight excluding hydrogens is 306 g/mol. The summed E-state index contributed by atoms with van der Waals surface area (Å²) in [6, 6.07) is 11.4. The summed E-state index contributed by atoms with van der Waals surface area (Å²) >= 11 is 3.41. The molecule has 1 unspecified atom stereocenters. The summed E-state index contributed by atoms with van der Waals surface area (Å²) < 4.78 is 6.11. The van der Waals surface area contributed by atoms with Gasteiger partial charge < -0.3 is 9.73 Å². The average Bonchev–Trinajstić information content (AvgIpc) is 2.89. The standard InChI is InChI=1S/C15H14BrNO2/c1-11(12-4-2-5-13(16)10-12)17-15(18)8-7-14-6-3-9-19-14/h2-11H,1H3,(H,17,18)/b8-7+. The van der Waals surface area contributed by atoms with E-state index in [1.54, 1.807) is 24.5 Å². The van der Waals surface area contributed by atoms with Gasteiger partial charge in [-0.05, 0) is 42.8 Å². The van der Waals surface area contributed by atoms with E-state index in [9.17, 15) is 4.79 Å². The Bertz CT molecular complexity index is 576. The molecule has 1 atom stereocenters. The van der Waals surface area contributed by atoms with Gasteiger partial charge in [-0.3, -0.25) is 4.79 Å². The van der Waals surface area contributed by atoms with E-state index in [1.807, 2.05) is 31.2 Å². The number of carbonyl (C=O) groups excluding carboxylic acids is 1.